The lowest BCUT2D eigenvalue weighted by molar-refractivity contribution is -0.134. The van der Waals surface area contributed by atoms with E-state index in [4.69, 9.17) is 0 Å². The lowest BCUT2D eigenvalue weighted by Gasteiger charge is -2.25. The van der Waals surface area contributed by atoms with E-state index >= 15 is 0 Å². The van der Waals surface area contributed by atoms with Gasteiger partial charge in [-0.2, -0.15) is 0 Å². The van der Waals surface area contributed by atoms with Gasteiger partial charge in [-0.05, 0) is 26.3 Å². The third-order valence-corrected chi connectivity index (χ3v) is 2.81. The molecule has 5 nitrogen and oxygen atoms in total. The molecule has 0 aliphatic carbocycles. The van der Waals surface area contributed by atoms with Crippen LogP contribution in [0.15, 0.2) is 0 Å². The standard InChI is InChI=1S/C11H21N3O2/c1-4-12-10(15)8-14-7-5-6-9(14)11(16)13(2)3/h9H,4-8H2,1-3H3,(H,12,15). The second-order valence-electron chi connectivity index (χ2n) is 4.31. The quantitative estimate of drug-likeness (QED) is 0.716. The van der Waals surface area contributed by atoms with Gasteiger partial charge in [0.2, 0.25) is 11.8 Å². The summed E-state index contributed by atoms with van der Waals surface area (Å²) in [5.41, 5.74) is 0. The second-order valence-corrected chi connectivity index (χ2v) is 4.31. The van der Waals surface area contributed by atoms with Crippen LogP contribution in [0.25, 0.3) is 0 Å². The van der Waals surface area contributed by atoms with Crippen molar-refractivity contribution < 1.29 is 9.59 Å². The predicted molar refractivity (Wildman–Crippen MR) is 62.0 cm³/mol. The van der Waals surface area contributed by atoms with Gasteiger partial charge in [-0.25, -0.2) is 0 Å². The van der Waals surface area contributed by atoms with Gasteiger partial charge in [0.1, 0.15) is 0 Å². The molecule has 1 heterocycles. The molecule has 92 valence electrons. The first-order valence-electron chi connectivity index (χ1n) is 5.78. The fourth-order valence-corrected chi connectivity index (χ4v) is 2.03. The summed E-state index contributed by atoms with van der Waals surface area (Å²) < 4.78 is 0. The number of carbonyl (C=O) groups excluding carboxylic acids is 2. The van der Waals surface area contributed by atoms with E-state index in [0.29, 0.717) is 13.1 Å². The van der Waals surface area contributed by atoms with E-state index in [1.807, 2.05) is 11.8 Å². The summed E-state index contributed by atoms with van der Waals surface area (Å²) in [6, 6.07) is -0.113. The van der Waals surface area contributed by atoms with Gasteiger partial charge in [0.25, 0.3) is 0 Å². The zero-order chi connectivity index (χ0) is 12.1. The molecule has 0 aromatic carbocycles. The summed E-state index contributed by atoms with van der Waals surface area (Å²) in [7, 11) is 3.51. The normalized spacial score (nSPS) is 20.8. The Balaban J connectivity index is 2.52. The molecule has 1 saturated heterocycles. The van der Waals surface area contributed by atoms with E-state index in [2.05, 4.69) is 5.32 Å². The molecule has 1 rings (SSSR count). The molecule has 5 heteroatoms. The summed E-state index contributed by atoms with van der Waals surface area (Å²) in [5.74, 6) is 0.0998. The summed E-state index contributed by atoms with van der Waals surface area (Å²) in [4.78, 5) is 26.9. The van der Waals surface area contributed by atoms with Crippen LogP contribution in [0, 0.1) is 0 Å². The van der Waals surface area contributed by atoms with Crippen LogP contribution in [0.2, 0.25) is 0 Å². The molecule has 1 atom stereocenters. The molecule has 0 aromatic rings. The summed E-state index contributed by atoms with van der Waals surface area (Å²) >= 11 is 0. The molecular formula is C11H21N3O2. The second kappa shape index (κ2) is 5.84. The highest BCUT2D eigenvalue weighted by atomic mass is 16.2. The largest absolute Gasteiger partial charge is 0.355 e. The first-order chi connectivity index (χ1) is 7.56. The van der Waals surface area contributed by atoms with Crippen molar-refractivity contribution >= 4 is 11.8 Å². The molecule has 1 aliphatic rings. The van der Waals surface area contributed by atoms with Gasteiger partial charge in [0.05, 0.1) is 12.6 Å². The number of rotatable bonds is 4. The van der Waals surface area contributed by atoms with Crippen molar-refractivity contribution in [3.05, 3.63) is 0 Å². The Morgan fingerprint density at radius 2 is 2.12 bits per heavy atom. The number of nitrogens with one attached hydrogen (secondary N) is 1. The average molecular weight is 227 g/mol. The SMILES string of the molecule is CCNC(=O)CN1CCCC1C(=O)N(C)C. The van der Waals surface area contributed by atoms with Crippen molar-refractivity contribution in [2.45, 2.75) is 25.8 Å². The smallest absolute Gasteiger partial charge is 0.239 e. The van der Waals surface area contributed by atoms with Gasteiger partial charge in [0.15, 0.2) is 0 Å². The van der Waals surface area contributed by atoms with E-state index in [1.165, 1.54) is 0 Å². The third kappa shape index (κ3) is 3.20. The van der Waals surface area contributed by atoms with Crippen molar-refractivity contribution in [1.29, 1.82) is 0 Å². The topological polar surface area (TPSA) is 52.7 Å². The Labute approximate surface area is 96.8 Å². The Bertz CT molecular complexity index is 266. The van der Waals surface area contributed by atoms with Crippen molar-refractivity contribution in [3.63, 3.8) is 0 Å². The van der Waals surface area contributed by atoms with Crippen LogP contribution in [0.1, 0.15) is 19.8 Å². The monoisotopic (exact) mass is 227 g/mol. The summed E-state index contributed by atoms with van der Waals surface area (Å²) in [6.07, 6.45) is 1.85. The van der Waals surface area contributed by atoms with Gasteiger partial charge in [-0.1, -0.05) is 0 Å². The van der Waals surface area contributed by atoms with E-state index in [-0.39, 0.29) is 17.9 Å². The molecule has 1 unspecified atom stereocenters. The highest BCUT2D eigenvalue weighted by Crippen LogP contribution is 2.17. The molecular weight excluding hydrogens is 206 g/mol. The maximum atomic E-state index is 11.8. The van der Waals surface area contributed by atoms with Gasteiger partial charge in [-0.15, -0.1) is 0 Å². The van der Waals surface area contributed by atoms with Gasteiger partial charge < -0.3 is 10.2 Å². The molecule has 2 amide bonds. The van der Waals surface area contributed by atoms with Crippen molar-refractivity contribution in [3.8, 4) is 0 Å². The number of carbonyl (C=O) groups is 2. The predicted octanol–water partition coefficient (Wildman–Crippen LogP) is -0.325. The van der Waals surface area contributed by atoms with E-state index in [0.717, 1.165) is 19.4 Å². The van der Waals surface area contributed by atoms with E-state index in [9.17, 15) is 9.59 Å². The average Bonchev–Trinajstić information content (AvgIpc) is 2.64. The van der Waals surface area contributed by atoms with Crippen LogP contribution < -0.4 is 5.32 Å². The molecule has 0 bridgehead atoms. The molecule has 16 heavy (non-hydrogen) atoms. The molecule has 0 aromatic heterocycles. The van der Waals surface area contributed by atoms with Crippen LogP contribution >= 0.6 is 0 Å². The van der Waals surface area contributed by atoms with Gasteiger partial charge in [-0.3, -0.25) is 14.5 Å². The molecule has 0 spiro atoms. The Hall–Kier alpha value is -1.10. The summed E-state index contributed by atoms with van der Waals surface area (Å²) in [6.45, 7) is 3.70. The fourth-order valence-electron chi connectivity index (χ4n) is 2.03. The maximum absolute atomic E-state index is 11.8. The van der Waals surface area contributed by atoms with Crippen LogP contribution in [-0.2, 0) is 9.59 Å². The number of amides is 2. The lowest BCUT2D eigenvalue weighted by atomic mass is 10.2. The van der Waals surface area contributed by atoms with E-state index < -0.39 is 0 Å². The van der Waals surface area contributed by atoms with Crippen molar-refractivity contribution in [2.75, 3.05) is 33.7 Å². The Morgan fingerprint density at radius 3 is 2.69 bits per heavy atom. The van der Waals surface area contributed by atoms with Crippen molar-refractivity contribution in [1.82, 2.24) is 15.1 Å². The zero-order valence-corrected chi connectivity index (χ0v) is 10.3. The number of hydrogen-bond donors (Lipinski definition) is 1. The first-order valence-corrected chi connectivity index (χ1v) is 5.78. The first kappa shape index (κ1) is 13.0. The number of likely N-dealkylation sites (N-methyl/N-ethyl adjacent to an activating group) is 2. The Kier molecular flexibility index (Phi) is 4.73. The van der Waals surface area contributed by atoms with E-state index in [1.54, 1.807) is 19.0 Å². The molecule has 0 radical (unpaired) electrons. The molecule has 1 N–H and O–H groups in total. The summed E-state index contributed by atoms with van der Waals surface area (Å²) in [5, 5.41) is 2.76. The highest BCUT2D eigenvalue weighted by Gasteiger charge is 2.32. The minimum atomic E-state index is -0.113. The number of nitrogens with zero attached hydrogens (tertiary/aromatic N) is 2. The number of likely N-dealkylation sites (tertiary alicyclic amines) is 1. The molecule has 0 saturated carbocycles. The zero-order valence-electron chi connectivity index (χ0n) is 10.3. The molecule has 1 aliphatic heterocycles. The van der Waals surface area contributed by atoms with Crippen LogP contribution in [0.5, 0.6) is 0 Å². The fraction of sp³-hybridized carbons (Fsp3) is 0.818. The van der Waals surface area contributed by atoms with Crippen molar-refractivity contribution in [2.24, 2.45) is 0 Å². The van der Waals surface area contributed by atoms with Crippen LogP contribution in [0.3, 0.4) is 0 Å². The Morgan fingerprint density at radius 1 is 1.44 bits per heavy atom. The highest BCUT2D eigenvalue weighted by molar-refractivity contribution is 5.83. The van der Waals surface area contributed by atoms with Crippen LogP contribution in [0.4, 0.5) is 0 Å². The number of hydrogen-bond acceptors (Lipinski definition) is 3. The molecule has 1 fully saturated rings. The third-order valence-electron chi connectivity index (χ3n) is 2.81. The maximum Gasteiger partial charge on any atom is 0.239 e. The minimum absolute atomic E-state index is 0.000885. The minimum Gasteiger partial charge on any atom is -0.355 e. The lowest BCUT2D eigenvalue weighted by Crippen LogP contribution is -2.46. The van der Waals surface area contributed by atoms with Gasteiger partial charge >= 0.3 is 0 Å². The van der Waals surface area contributed by atoms with Gasteiger partial charge in [0, 0.05) is 20.6 Å². The van der Waals surface area contributed by atoms with Crippen LogP contribution in [-0.4, -0.2) is 61.4 Å².